The van der Waals surface area contributed by atoms with E-state index in [1.807, 2.05) is 0 Å². The second kappa shape index (κ2) is 8.08. The van der Waals surface area contributed by atoms with E-state index >= 15 is 0 Å². The van der Waals surface area contributed by atoms with E-state index in [9.17, 15) is 19.2 Å². The third-order valence-electron chi connectivity index (χ3n) is 4.71. The Hall–Kier alpha value is -3.42. The number of hydrogen-bond donors (Lipinski definition) is 4. The summed E-state index contributed by atoms with van der Waals surface area (Å²) in [6.07, 6.45) is 3.71. The number of carbonyl (C=O) groups is 3. The predicted octanol–water partition coefficient (Wildman–Crippen LogP) is 1.71. The number of H-pyrrole nitrogens is 1. The van der Waals surface area contributed by atoms with Crippen molar-refractivity contribution in [3.8, 4) is 0 Å². The molecule has 1 unspecified atom stereocenters. The number of anilines is 1. The summed E-state index contributed by atoms with van der Waals surface area (Å²) in [7, 11) is 0. The van der Waals surface area contributed by atoms with Crippen molar-refractivity contribution >= 4 is 23.5 Å². The van der Waals surface area contributed by atoms with Gasteiger partial charge in [-0.15, -0.1) is 0 Å². The molecule has 146 valence electrons. The smallest absolute Gasteiger partial charge is 0.325 e. The predicted molar refractivity (Wildman–Crippen MR) is 103 cm³/mol. The van der Waals surface area contributed by atoms with Crippen molar-refractivity contribution < 1.29 is 19.5 Å². The Morgan fingerprint density at radius 2 is 1.75 bits per heavy atom. The maximum atomic E-state index is 12.5. The molecule has 28 heavy (non-hydrogen) atoms. The maximum absolute atomic E-state index is 12.5. The zero-order chi connectivity index (χ0) is 20.3. The van der Waals surface area contributed by atoms with Gasteiger partial charge in [-0.3, -0.25) is 19.2 Å². The number of pyridine rings is 1. The number of carbonyl (C=O) groups excluding carboxylic acids is 2. The number of carboxylic acid groups (broad SMARTS) is 1. The van der Waals surface area contributed by atoms with E-state index in [4.69, 9.17) is 5.11 Å². The first-order chi connectivity index (χ1) is 13.3. The van der Waals surface area contributed by atoms with Gasteiger partial charge in [0.15, 0.2) is 0 Å². The van der Waals surface area contributed by atoms with Crippen LogP contribution in [-0.4, -0.2) is 33.9 Å². The molecule has 2 amide bonds. The third kappa shape index (κ3) is 4.28. The molecule has 3 rings (SSSR count). The van der Waals surface area contributed by atoms with E-state index in [1.165, 1.54) is 31.2 Å². The van der Waals surface area contributed by atoms with Crippen LogP contribution < -0.4 is 16.2 Å². The zero-order valence-corrected chi connectivity index (χ0v) is 15.4. The molecule has 0 fully saturated rings. The summed E-state index contributed by atoms with van der Waals surface area (Å²) >= 11 is 0. The SMILES string of the molecule is CC(NC(=O)c1ccc(NC(=O)c2cc3c([nH]c2=O)CCCC3)cc1)C(=O)O. The van der Waals surface area contributed by atoms with Crippen LogP contribution in [0, 0.1) is 0 Å². The number of aryl methyl sites for hydroxylation is 2. The molecule has 0 spiro atoms. The zero-order valence-electron chi connectivity index (χ0n) is 15.4. The quantitative estimate of drug-likeness (QED) is 0.625. The van der Waals surface area contributed by atoms with Gasteiger partial charge in [0.05, 0.1) is 0 Å². The molecule has 2 aromatic rings. The van der Waals surface area contributed by atoms with Crippen molar-refractivity contribution in [1.82, 2.24) is 10.3 Å². The van der Waals surface area contributed by atoms with Gasteiger partial charge < -0.3 is 20.7 Å². The number of amides is 2. The van der Waals surface area contributed by atoms with Crippen LogP contribution in [0.2, 0.25) is 0 Å². The Morgan fingerprint density at radius 1 is 1.07 bits per heavy atom. The Morgan fingerprint density at radius 3 is 2.43 bits per heavy atom. The lowest BCUT2D eigenvalue weighted by molar-refractivity contribution is -0.138. The van der Waals surface area contributed by atoms with Gasteiger partial charge in [-0.05, 0) is 68.5 Å². The fourth-order valence-corrected chi connectivity index (χ4v) is 3.09. The molecule has 1 atom stereocenters. The van der Waals surface area contributed by atoms with Gasteiger partial charge >= 0.3 is 5.97 Å². The van der Waals surface area contributed by atoms with E-state index < -0.39 is 29.4 Å². The molecule has 4 N–H and O–H groups in total. The summed E-state index contributed by atoms with van der Waals surface area (Å²) in [6, 6.07) is 6.61. The molecule has 8 heteroatoms. The molecule has 1 aromatic heterocycles. The van der Waals surface area contributed by atoms with Crippen molar-refractivity contribution in [1.29, 1.82) is 0 Å². The highest BCUT2D eigenvalue weighted by molar-refractivity contribution is 6.04. The minimum Gasteiger partial charge on any atom is -0.480 e. The van der Waals surface area contributed by atoms with Crippen molar-refractivity contribution in [3.63, 3.8) is 0 Å². The van der Waals surface area contributed by atoms with Gasteiger partial charge in [0, 0.05) is 16.9 Å². The first kappa shape index (κ1) is 19.3. The second-order valence-electron chi connectivity index (χ2n) is 6.79. The minimum atomic E-state index is -1.13. The molecule has 8 nitrogen and oxygen atoms in total. The van der Waals surface area contributed by atoms with Crippen LogP contribution in [0.1, 0.15) is 51.7 Å². The summed E-state index contributed by atoms with van der Waals surface area (Å²) in [5.74, 6) is -2.18. The lowest BCUT2D eigenvalue weighted by Gasteiger charge is -2.16. The number of fused-ring (bicyclic) bond motifs is 1. The van der Waals surface area contributed by atoms with Gasteiger partial charge in [-0.2, -0.15) is 0 Å². The van der Waals surface area contributed by atoms with Crippen molar-refractivity contribution in [2.75, 3.05) is 5.32 Å². The van der Waals surface area contributed by atoms with Crippen LogP contribution in [-0.2, 0) is 17.6 Å². The van der Waals surface area contributed by atoms with Crippen molar-refractivity contribution in [2.45, 2.75) is 38.6 Å². The molecule has 1 aliphatic rings. The Bertz CT molecular complexity index is 978. The summed E-state index contributed by atoms with van der Waals surface area (Å²) < 4.78 is 0. The third-order valence-corrected chi connectivity index (χ3v) is 4.71. The van der Waals surface area contributed by atoms with Crippen LogP contribution >= 0.6 is 0 Å². The van der Waals surface area contributed by atoms with Gasteiger partial charge in [-0.25, -0.2) is 0 Å². The van der Waals surface area contributed by atoms with Crippen LogP contribution in [0.15, 0.2) is 35.1 Å². The average Bonchev–Trinajstić information content (AvgIpc) is 2.67. The molecule has 1 aromatic carbocycles. The van der Waals surface area contributed by atoms with Crippen molar-refractivity contribution in [2.24, 2.45) is 0 Å². The topological polar surface area (TPSA) is 128 Å². The molecule has 1 aliphatic carbocycles. The van der Waals surface area contributed by atoms with Gasteiger partial charge in [0.2, 0.25) is 0 Å². The summed E-state index contributed by atoms with van der Waals surface area (Å²) in [4.78, 5) is 50.3. The molecular formula is C20H21N3O5. The fraction of sp³-hybridized carbons (Fsp3) is 0.300. The number of benzene rings is 1. The molecule has 0 bridgehead atoms. The average molecular weight is 383 g/mol. The molecule has 1 heterocycles. The van der Waals surface area contributed by atoms with E-state index in [-0.39, 0.29) is 11.1 Å². The largest absolute Gasteiger partial charge is 0.480 e. The van der Waals surface area contributed by atoms with Crippen LogP contribution in [0.25, 0.3) is 0 Å². The number of rotatable bonds is 5. The lowest BCUT2D eigenvalue weighted by Crippen LogP contribution is -2.38. The molecule has 0 saturated carbocycles. The van der Waals surface area contributed by atoms with Crippen molar-refractivity contribution in [3.05, 3.63) is 63.1 Å². The molecular weight excluding hydrogens is 362 g/mol. The number of nitrogens with one attached hydrogen (secondary N) is 3. The number of hydrogen-bond acceptors (Lipinski definition) is 4. The van der Waals surface area contributed by atoms with E-state index in [2.05, 4.69) is 15.6 Å². The maximum Gasteiger partial charge on any atom is 0.325 e. The summed E-state index contributed by atoms with van der Waals surface area (Å²) in [5, 5.41) is 13.8. The Kier molecular flexibility index (Phi) is 5.58. The van der Waals surface area contributed by atoms with E-state index in [0.717, 1.165) is 36.9 Å². The van der Waals surface area contributed by atoms with Gasteiger partial charge in [-0.1, -0.05) is 0 Å². The van der Waals surface area contributed by atoms with Gasteiger partial charge in [0.1, 0.15) is 11.6 Å². The molecule has 0 radical (unpaired) electrons. The second-order valence-corrected chi connectivity index (χ2v) is 6.79. The van der Waals surface area contributed by atoms with E-state index in [1.54, 1.807) is 6.07 Å². The number of aliphatic carboxylic acids is 1. The molecule has 0 saturated heterocycles. The summed E-state index contributed by atoms with van der Waals surface area (Å²) in [6.45, 7) is 1.37. The Balaban J connectivity index is 1.70. The van der Waals surface area contributed by atoms with Crippen LogP contribution in [0.3, 0.4) is 0 Å². The van der Waals surface area contributed by atoms with E-state index in [0.29, 0.717) is 5.69 Å². The lowest BCUT2D eigenvalue weighted by atomic mass is 9.95. The summed E-state index contributed by atoms with van der Waals surface area (Å²) in [5.41, 5.74) is 2.21. The highest BCUT2D eigenvalue weighted by Gasteiger charge is 2.18. The first-order valence-corrected chi connectivity index (χ1v) is 9.05. The number of carboxylic acids is 1. The molecule has 0 aliphatic heterocycles. The van der Waals surface area contributed by atoms with Crippen LogP contribution in [0.4, 0.5) is 5.69 Å². The van der Waals surface area contributed by atoms with Gasteiger partial charge in [0.25, 0.3) is 17.4 Å². The normalized spacial score (nSPS) is 13.9. The Labute approximate surface area is 161 Å². The number of aromatic nitrogens is 1. The monoisotopic (exact) mass is 383 g/mol. The standard InChI is InChI=1S/C20H21N3O5/c1-11(20(27)28)21-17(24)12-6-8-14(9-7-12)22-18(25)15-10-13-4-2-3-5-16(13)23-19(15)26/h6-11H,2-5H2,1H3,(H,21,24)(H,22,25)(H,23,26)(H,27,28). The first-order valence-electron chi connectivity index (χ1n) is 9.05. The van der Waals surface area contributed by atoms with Crippen LogP contribution in [0.5, 0.6) is 0 Å². The number of aromatic amines is 1. The minimum absolute atomic E-state index is 0.0535. The highest BCUT2D eigenvalue weighted by Crippen LogP contribution is 2.19. The highest BCUT2D eigenvalue weighted by atomic mass is 16.4. The fourth-order valence-electron chi connectivity index (χ4n) is 3.09.